The molecule has 1 aromatic heterocycles. The Bertz CT molecular complexity index is 696. The van der Waals surface area contributed by atoms with Crippen molar-refractivity contribution in [1.82, 2.24) is 20.6 Å². The van der Waals surface area contributed by atoms with E-state index in [1.165, 1.54) is 6.07 Å². The molecule has 0 fully saturated rings. The summed E-state index contributed by atoms with van der Waals surface area (Å²) in [5, 5.41) is 17.0. The lowest BCUT2D eigenvalue weighted by molar-refractivity contribution is 0.613. The molecule has 20 heavy (non-hydrogen) atoms. The zero-order valence-electron chi connectivity index (χ0n) is 10.5. The number of rotatable bonds is 4. The van der Waals surface area contributed by atoms with Crippen LogP contribution in [0, 0.1) is 5.82 Å². The van der Waals surface area contributed by atoms with Crippen molar-refractivity contribution < 1.29 is 4.39 Å². The first kappa shape index (κ1) is 12.3. The lowest BCUT2D eigenvalue weighted by Crippen LogP contribution is -2.01. The van der Waals surface area contributed by atoms with Crippen LogP contribution in [0.25, 0.3) is 11.4 Å². The Balaban J connectivity index is 1.75. The van der Waals surface area contributed by atoms with E-state index in [1.54, 1.807) is 12.1 Å². The number of halogens is 1. The van der Waals surface area contributed by atoms with Crippen molar-refractivity contribution in [3.8, 4) is 11.4 Å². The van der Waals surface area contributed by atoms with Gasteiger partial charge in [-0.3, -0.25) is 0 Å². The summed E-state index contributed by atoms with van der Waals surface area (Å²) >= 11 is 0. The Hall–Kier alpha value is -2.76. The molecule has 0 amide bonds. The van der Waals surface area contributed by atoms with Crippen LogP contribution < -0.4 is 5.32 Å². The normalized spacial score (nSPS) is 10.4. The van der Waals surface area contributed by atoms with Gasteiger partial charge in [0.15, 0.2) is 0 Å². The zero-order chi connectivity index (χ0) is 13.8. The Morgan fingerprint density at radius 2 is 2.00 bits per heavy atom. The number of anilines is 1. The fraction of sp³-hybridized carbons (Fsp3) is 0.0714. The van der Waals surface area contributed by atoms with Gasteiger partial charge in [-0.25, -0.2) is 4.39 Å². The first-order valence-corrected chi connectivity index (χ1v) is 6.14. The molecule has 0 unspecified atom stereocenters. The van der Waals surface area contributed by atoms with Gasteiger partial charge in [0.05, 0.1) is 0 Å². The van der Waals surface area contributed by atoms with E-state index in [0.717, 1.165) is 11.3 Å². The summed E-state index contributed by atoms with van der Waals surface area (Å²) in [5.41, 5.74) is 2.34. The van der Waals surface area contributed by atoms with Crippen LogP contribution in [0.4, 0.5) is 10.1 Å². The minimum absolute atomic E-state index is 0.214. The van der Waals surface area contributed by atoms with E-state index in [2.05, 4.69) is 25.9 Å². The molecule has 0 aliphatic carbocycles. The van der Waals surface area contributed by atoms with E-state index in [4.69, 9.17) is 0 Å². The van der Waals surface area contributed by atoms with Gasteiger partial charge in [0, 0.05) is 23.4 Å². The van der Waals surface area contributed by atoms with Crippen molar-refractivity contribution >= 4 is 5.69 Å². The van der Waals surface area contributed by atoms with Crippen LogP contribution in [-0.2, 0) is 6.54 Å². The summed E-state index contributed by atoms with van der Waals surface area (Å²) in [4.78, 5) is 0. The molecule has 0 radical (unpaired) electrons. The second kappa shape index (κ2) is 5.48. The number of hydrogen-bond acceptors (Lipinski definition) is 4. The first-order valence-electron chi connectivity index (χ1n) is 6.14. The molecular formula is C14H12FN5. The molecule has 0 saturated carbocycles. The van der Waals surface area contributed by atoms with Crippen molar-refractivity contribution in [3.05, 3.63) is 59.9 Å². The molecule has 0 spiro atoms. The summed E-state index contributed by atoms with van der Waals surface area (Å²) in [6, 6.07) is 14.3. The van der Waals surface area contributed by atoms with E-state index in [0.29, 0.717) is 17.9 Å². The predicted molar refractivity (Wildman–Crippen MR) is 73.3 cm³/mol. The summed E-state index contributed by atoms with van der Waals surface area (Å²) in [7, 11) is 0. The Morgan fingerprint density at radius 1 is 1.10 bits per heavy atom. The first-order chi connectivity index (χ1) is 9.83. The Kier molecular flexibility index (Phi) is 3.36. The molecule has 1 heterocycles. The van der Waals surface area contributed by atoms with Gasteiger partial charge in [0.2, 0.25) is 5.82 Å². The fourth-order valence-electron chi connectivity index (χ4n) is 1.89. The van der Waals surface area contributed by atoms with E-state index in [-0.39, 0.29) is 5.82 Å². The SMILES string of the molecule is Fc1ccccc1CNc1cccc(-c2nn[nH]n2)c1. The monoisotopic (exact) mass is 269 g/mol. The van der Waals surface area contributed by atoms with Gasteiger partial charge in [0.1, 0.15) is 5.82 Å². The van der Waals surface area contributed by atoms with Crippen molar-refractivity contribution in [2.45, 2.75) is 6.54 Å². The molecule has 2 N–H and O–H groups in total. The van der Waals surface area contributed by atoms with Gasteiger partial charge in [-0.2, -0.15) is 5.21 Å². The van der Waals surface area contributed by atoms with E-state index in [9.17, 15) is 4.39 Å². The Morgan fingerprint density at radius 3 is 2.80 bits per heavy atom. The van der Waals surface area contributed by atoms with Crippen LogP contribution in [0.15, 0.2) is 48.5 Å². The van der Waals surface area contributed by atoms with Crippen LogP contribution in [0.2, 0.25) is 0 Å². The van der Waals surface area contributed by atoms with Crippen molar-refractivity contribution in [2.24, 2.45) is 0 Å². The number of benzene rings is 2. The zero-order valence-corrected chi connectivity index (χ0v) is 10.5. The van der Waals surface area contributed by atoms with Gasteiger partial charge in [0.25, 0.3) is 0 Å². The number of aromatic nitrogens is 4. The summed E-state index contributed by atoms with van der Waals surface area (Å²) in [6.45, 7) is 0.419. The summed E-state index contributed by atoms with van der Waals surface area (Å²) in [6.07, 6.45) is 0. The second-order valence-corrected chi connectivity index (χ2v) is 4.26. The number of nitrogens with one attached hydrogen (secondary N) is 2. The van der Waals surface area contributed by atoms with Crippen LogP contribution in [0.3, 0.4) is 0 Å². The molecule has 0 atom stereocenters. The topological polar surface area (TPSA) is 66.5 Å². The highest BCUT2D eigenvalue weighted by atomic mass is 19.1. The van der Waals surface area contributed by atoms with E-state index in [1.807, 2.05) is 30.3 Å². The van der Waals surface area contributed by atoms with Crippen LogP contribution >= 0.6 is 0 Å². The maximum Gasteiger partial charge on any atom is 0.204 e. The van der Waals surface area contributed by atoms with Gasteiger partial charge < -0.3 is 5.32 Å². The molecule has 3 aromatic rings. The second-order valence-electron chi connectivity index (χ2n) is 4.26. The van der Waals surface area contributed by atoms with Gasteiger partial charge >= 0.3 is 0 Å². The largest absolute Gasteiger partial charge is 0.381 e. The highest BCUT2D eigenvalue weighted by Crippen LogP contribution is 2.19. The number of hydrogen-bond donors (Lipinski definition) is 2. The Labute approximate surface area is 114 Å². The van der Waals surface area contributed by atoms with Crippen LogP contribution in [-0.4, -0.2) is 20.6 Å². The van der Waals surface area contributed by atoms with Gasteiger partial charge in [-0.1, -0.05) is 30.3 Å². The quantitative estimate of drug-likeness (QED) is 0.764. The lowest BCUT2D eigenvalue weighted by Gasteiger charge is -2.08. The lowest BCUT2D eigenvalue weighted by atomic mass is 10.1. The highest BCUT2D eigenvalue weighted by molar-refractivity contribution is 5.61. The number of H-pyrrole nitrogens is 1. The van der Waals surface area contributed by atoms with Gasteiger partial charge in [-0.05, 0) is 23.4 Å². The third-order valence-corrected chi connectivity index (χ3v) is 2.91. The van der Waals surface area contributed by atoms with Crippen LogP contribution in [0.1, 0.15) is 5.56 Å². The average molecular weight is 269 g/mol. The summed E-state index contributed by atoms with van der Waals surface area (Å²) < 4.78 is 13.5. The van der Waals surface area contributed by atoms with Gasteiger partial charge in [-0.15, -0.1) is 10.2 Å². The molecule has 0 aliphatic heterocycles. The fourth-order valence-corrected chi connectivity index (χ4v) is 1.89. The number of nitrogens with zero attached hydrogens (tertiary/aromatic N) is 3. The van der Waals surface area contributed by atoms with Crippen LogP contribution in [0.5, 0.6) is 0 Å². The maximum atomic E-state index is 13.5. The minimum atomic E-state index is -0.214. The van der Waals surface area contributed by atoms with Crippen molar-refractivity contribution in [3.63, 3.8) is 0 Å². The maximum absolute atomic E-state index is 13.5. The predicted octanol–water partition coefficient (Wildman–Crippen LogP) is 2.62. The third kappa shape index (κ3) is 2.64. The molecule has 6 heteroatoms. The minimum Gasteiger partial charge on any atom is -0.381 e. The smallest absolute Gasteiger partial charge is 0.204 e. The molecular weight excluding hydrogens is 257 g/mol. The van der Waals surface area contributed by atoms with E-state index < -0.39 is 0 Å². The van der Waals surface area contributed by atoms with Crippen molar-refractivity contribution in [1.29, 1.82) is 0 Å². The highest BCUT2D eigenvalue weighted by Gasteiger charge is 2.04. The third-order valence-electron chi connectivity index (χ3n) is 2.91. The summed E-state index contributed by atoms with van der Waals surface area (Å²) in [5.74, 6) is 0.314. The molecule has 3 rings (SSSR count). The average Bonchev–Trinajstić information content (AvgIpc) is 3.01. The molecule has 100 valence electrons. The number of aromatic amines is 1. The molecule has 2 aromatic carbocycles. The molecule has 0 saturated heterocycles. The molecule has 0 bridgehead atoms. The van der Waals surface area contributed by atoms with E-state index >= 15 is 0 Å². The molecule has 5 nitrogen and oxygen atoms in total. The number of tetrazole rings is 1. The molecule has 0 aliphatic rings. The van der Waals surface area contributed by atoms with Crippen molar-refractivity contribution in [2.75, 3.05) is 5.32 Å². The standard InChI is InChI=1S/C14H12FN5/c15-13-7-2-1-4-11(13)9-16-12-6-3-5-10(8-12)14-17-19-20-18-14/h1-8,16H,9H2,(H,17,18,19,20).